The maximum atomic E-state index is 14.1. The molecule has 0 spiro atoms. The Morgan fingerprint density at radius 1 is 1.30 bits per heavy atom. The Hall–Kier alpha value is -2.32. The highest BCUT2D eigenvalue weighted by molar-refractivity contribution is 9.10. The van der Waals surface area contributed by atoms with Crippen molar-refractivity contribution in [3.63, 3.8) is 0 Å². The molecule has 2 unspecified atom stereocenters. The van der Waals surface area contributed by atoms with Crippen LogP contribution in [0, 0.1) is 0 Å². The van der Waals surface area contributed by atoms with Crippen LogP contribution in [0.3, 0.4) is 0 Å². The molecule has 11 heteroatoms. The van der Waals surface area contributed by atoms with Crippen LogP contribution in [-0.4, -0.2) is 32.3 Å². The molecule has 0 bridgehead atoms. The van der Waals surface area contributed by atoms with E-state index < -0.39 is 30.9 Å². The second-order valence-electron chi connectivity index (χ2n) is 5.55. The number of carbonyl (C=O) groups excluding carboxylic acids is 1. The van der Waals surface area contributed by atoms with Crippen molar-refractivity contribution in [2.45, 2.75) is 12.7 Å². The minimum atomic E-state index is -2.02. The van der Waals surface area contributed by atoms with E-state index in [2.05, 4.69) is 45.6 Å². The van der Waals surface area contributed by atoms with E-state index in [-0.39, 0.29) is 22.4 Å². The molecule has 0 saturated carbocycles. The molecule has 0 radical (unpaired) electrons. The number of rotatable bonds is 5. The zero-order valence-electron chi connectivity index (χ0n) is 13.7. The van der Waals surface area contributed by atoms with Gasteiger partial charge in [-0.1, -0.05) is 15.9 Å². The van der Waals surface area contributed by atoms with E-state index in [0.717, 1.165) is 9.99 Å². The molecule has 2 atom stereocenters. The number of carbonyl (C=O) groups is 1. The monoisotopic (exact) mass is 455 g/mol. The fourth-order valence-corrected chi connectivity index (χ4v) is 2.91. The van der Waals surface area contributed by atoms with Crippen molar-refractivity contribution in [3.8, 4) is 0 Å². The third-order valence-corrected chi connectivity index (χ3v) is 4.39. The van der Waals surface area contributed by atoms with Crippen LogP contribution in [-0.2, 0) is 11.3 Å². The van der Waals surface area contributed by atoms with Crippen molar-refractivity contribution in [1.82, 2.24) is 19.7 Å². The Balaban J connectivity index is 1.97. The summed E-state index contributed by atoms with van der Waals surface area (Å²) in [5, 5.41) is 7.35. The number of fused-ring (bicyclic) bond motifs is 1. The maximum absolute atomic E-state index is 14.1. The summed E-state index contributed by atoms with van der Waals surface area (Å²) in [5.41, 5.74) is -0.839. The molecular weight excluding hydrogens is 443 g/mol. The minimum absolute atomic E-state index is 0.0521. The van der Waals surface area contributed by atoms with Gasteiger partial charge >= 0.3 is 0 Å². The average Bonchev–Trinajstić information content (AvgIpc) is 2.65. The smallest absolute Gasteiger partial charge is 0.275 e. The van der Waals surface area contributed by atoms with Crippen LogP contribution in [0.5, 0.6) is 0 Å². The Morgan fingerprint density at radius 2 is 2.00 bits per heavy atom. The van der Waals surface area contributed by atoms with Gasteiger partial charge in [-0.15, -0.1) is 9.24 Å². The highest BCUT2D eigenvalue weighted by Crippen LogP contribution is 2.26. The molecule has 7 nitrogen and oxygen atoms in total. The molecule has 27 heavy (non-hydrogen) atoms. The lowest BCUT2D eigenvalue weighted by Crippen LogP contribution is -2.31. The lowest BCUT2D eigenvalue weighted by atomic mass is 10.1. The van der Waals surface area contributed by atoms with Gasteiger partial charge in [0, 0.05) is 27.6 Å². The zero-order valence-corrected chi connectivity index (χ0v) is 16.4. The third kappa shape index (κ3) is 4.33. The summed E-state index contributed by atoms with van der Waals surface area (Å²) in [7, 11) is 2.40. The van der Waals surface area contributed by atoms with Crippen molar-refractivity contribution in [3.05, 3.63) is 51.1 Å². The van der Waals surface area contributed by atoms with Crippen molar-refractivity contribution in [2.24, 2.45) is 0 Å². The molecule has 0 saturated heterocycles. The standard InChI is InChI=1S/C16H13BrF2N5O2P/c17-8-1-2-10-11(3-8)14(12(19)4-18)23-24(15(10)26)7-13(25)22-16-20-5-9(27)6-21-16/h1-3,5-6,12H,4,7,27H2,(H,20,21,22,25). The number of anilines is 1. The highest BCUT2D eigenvalue weighted by Gasteiger charge is 2.20. The molecule has 0 fully saturated rings. The van der Waals surface area contributed by atoms with E-state index in [1.807, 2.05) is 0 Å². The predicted octanol–water partition coefficient (Wildman–Crippen LogP) is 2.07. The van der Waals surface area contributed by atoms with Gasteiger partial charge in [-0.2, -0.15) is 5.10 Å². The highest BCUT2D eigenvalue weighted by atomic mass is 79.9. The maximum Gasteiger partial charge on any atom is 0.275 e. The van der Waals surface area contributed by atoms with Gasteiger partial charge in [0.2, 0.25) is 11.9 Å². The summed E-state index contributed by atoms with van der Waals surface area (Å²) < 4.78 is 28.4. The second kappa shape index (κ2) is 8.14. The Bertz CT molecular complexity index is 1060. The van der Waals surface area contributed by atoms with Gasteiger partial charge in [0.1, 0.15) is 18.9 Å². The van der Waals surface area contributed by atoms with Crippen molar-refractivity contribution >= 4 is 53.1 Å². The SMILES string of the molecule is O=C(Cn1nc(C(F)CF)c2cc(Br)ccc2c1=O)Nc1ncc(P)cn1. The molecule has 3 rings (SSSR count). The summed E-state index contributed by atoms with van der Waals surface area (Å²) in [6, 6.07) is 4.55. The van der Waals surface area contributed by atoms with E-state index >= 15 is 0 Å². The van der Waals surface area contributed by atoms with E-state index in [0.29, 0.717) is 4.47 Å². The van der Waals surface area contributed by atoms with E-state index in [9.17, 15) is 18.4 Å². The quantitative estimate of drug-likeness (QED) is 0.594. The van der Waals surface area contributed by atoms with Gasteiger partial charge in [-0.05, 0) is 18.2 Å². The lowest BCUT2D eigenvalue weighted by Gasteiger charge is -2.12. The Morgan fingerprint density at radius 3 is 2.67 bits per heavy atom. The van der Waals surface area contributed by atoms with E-state index in [1.54, 1.807) is 6.07 Å². The molecular formula is C16H13BrF2N5O2P. The first-order valence-electron chi connectivity index (χ1n) is 7.66. The van der Waals surface area contributed by atoms with Crippen LogP contribution < -0.4 is 16.2 Å². The summed E-state index contributed by atoms with van der Waals surface area (Å²) >= 11 is 3.23. The fraction of sp³-hybridized carbons (Fsp3) is 0.188. The number of hydrogen-bond acceptors (Lipinski definition) is 5. The van der Waals surface area contributed by atoms with Gasteiger partial charge in [0.05, 0.1) is 5.39 Å². The number of aromatic nitrogens is 4. The van der Waals surface area contributed by atoms with E-state index in [1.165, 1.54) is 24.5 Å². The molecule has 1 amide bonds. The minimum Gasteiger partial charge on any atom is -0.293 e. The first kappa shape index (κ1) is 19.4. The summed E-state index contributed by atoms with van der Waals surface area (Å²) in [4.78, 5) is 32.6. The summed E-state index contributed by atoms with van der Waals surface area (Å²) in [5.74, 6) is -0.574. The number of benzene rings is 1. The first-order valence-corrected chi connectivity index (χ1v) is 9.03. The van der Waals surface area contributed by atoms with Crippen LogP contribution >= 0.6 is 25.2 Å². The summed E-state index contributed by atoms with van der Waals surface area (Å²) in [6.07, 6.45) is 0.951. The number of nitrogens with one attached hydrogen (secondary N) is 1. The number of alkyl halides is 2. The Labute approximate surface area is 162 Å². The fourth-order valence-electron chi connectivity index (χ4n) is 2.40. The van der Waals surface area contributed by atoms with Crippen LogP contribution in [0.15, 0.2) is 39.9 Å². The molecule has 0 aliphatic heterocycles. The normalized spacial score (nSPS) is 12.1. The predicted molar refractivity (Wildman–Crippen MR) is 104 cm³/mol. The zero-order chi connectivity index (χ0) is 19.6. The number of halogens is 3. The molecule has 1 aromatic carbocycles. The van der Waals surface area contributed by atoms with Gasteiger partial charge in [-0.3, -0.25) is 14.9 Å². The van der Waals surface area contributed by atoms with Crippen molar-refractivity contribution < 1.29 is 13.6 Å². The number of amides is 1. The molecule has 0 aliphatic rings. The molecule has 2 aromatic heterocycles. The first-order chi connectivity index (χ1) is 12.9. The topological polar surface area (TPSA) is 89.8 Å². The average molecular weight is 456 g/mol. The van der Waals surface area contributed by atoms with Gasteiger partial charge in [-0.25, -0.2) is 23.4 Å². The van der Waals surface area contributed by atoms with Crippen LogP contribution in [0.4, 0.5) is 14.7 Å². The van der Waals surface area contributed by atoms with E-state index in [4.69, 9.17) is 0 Å². The molecule has 2 heterocycles. The lowest BCUT2D eigenvalue weighted by molar-refractivity contribution is -0.117. The molecule has 1 N–H and O–H groups in total. The van der Waals surface area contributed by atoms with Crippen LogP contribution in [0.1, 0.15) is 11.9 Å². The van der Waals surface area contributed by atoms with Gasteiger partial charge in [0.25, 0.3) is 5.56 Å². The van der Waals surface area contributed by atoms with Crippen LogP contribution in [0.2, 0.25) is 0 Å². The van der Waals surface area contributed by atoms with Crippen LogP contribution in [0.25, 0.3) is 10.8 Å². The Kier molecular flexibility index (Phi) is 5.86. The van der Waals surface area contributed by atoms with Gasteiger partial charge in [0.15, 0.2) is 6.17 Å². The number of hydrogen-bond donors (Lipinski definition) is 1. The second-order valence-corrected chi connectivity index (χ2v) is 7.13. The number of nitrogens with zero attached hydrogens (tertiary/aromatic N) is 4. The molecule has 0 aliphatic carbocycles. The van der Waals surface area contributed by atoms with Gasteiger partial charge < -0.3 is 0 Å². The largest absolute Gasteiger partial charge is 0.293 e. The molecule has 3 aromatic rings. The third-order valence-electron chi connectivity index (χ3n) is 3.60. The molecule has 140 valence electrons. The van der Waals surface area contributed by atoms with Crippen molar-refractivity contribution in [2.75, 3.05) is 12.0 Å². The summed E-state index contributed by atoms with van der Waals surface area (Å²) in [6.45, 7) is -1.79. The van der Waals surface area contributed by atoms with Crippen molar-refractivity contribution in [1.29, 1.82) is 0 Å².